The lowest BCUT2D eigenvalue weighted by molar-refractivity contribution is 1.33. The number of hydrogen-bond acceptors (Lipinski definition) is 2. The van der Waals surface area contributed by atoms with Crippen molar-refractivity contribution in [3.63, 3.8) is 0 Å². The Labute approximate surface area is 197 Å². The Balaban J connectivity index is 1.46. The highest BCUT2D eigenvalue weighted by molar-refractivity contribution is 6.27. The molecule has 2 heteroatoms. The van der Waals surface area contributed by atoms with E-state index >= 15 is 0 Å². The van der Waals surface area contributed by atoms with E-state index in [1.807, 2.05) is 43.0 Å². The minimum atomic E-state index is 1.15. The first-order chi connectivity index (χ1) is 16.9. The lowest BCUT2D eigenvalue weighted by Gasteiger charge is -2.16. The smallest absolute Gasteiger partial charge is 0.0346 e. The first-order valence-corrected chi connectivity index (χ1v) is 11.5. The minimum absolute atomic E-state index is 1.15. The van der Waals surface area contributed by atoms with Gasteiger partial charge in [0.25, 0.3) is 0 Å². The minimum Gasteiger partial charge on any atom is -0.265 e. The predicted molar refractivity (Wildman–Crippen MR) is 142 cm³/mol. The third-order valence-corrected chi connectivity index (χ3v) is 6.85. The maximum atomic E-state index is 4.35. The van der Waals surface area contributed by atoms with E-state index in [-0.39, 0.29) is 0 Å². The van der Waals surface area contributed by atoms with Gasteiger partial charge in [-0.05, 0) is 78.3 Å². The Kier molecular flexibility index (Phi) is 4.18. The van der Waals surface area contributed by atoms with Gasteiger partial charge >= 0.3 is 0 Å². The van der Waals surface area contributed by atoms with E-state index in [1.165, 1.54) is 60.1 Å². The molecule has 0 aliphatic carbocycles. The predicted octanol–water partition coefficient (Wildman–Crippen LogP) is 8.38. The average molecular weight is 433 g/mol. The van der Waals surface area contributed by atoms with Gasteiger partial charge in [0.1, 0.15) is 0 Å². The van der Waals surface area contributed by atoms with Crippen molar-refractivity contribution in [1.82, 2.24) is 9.97 Å². The lowest BCUT2D eigenvalue weighted by atomic mass is 9.87. The molecule has 0 aliphatic heterocycles. The van der Waals surface area contributed by atoms with Crippen molar-refractivity contribution in [1.29, 1.82) is 0 Å². The molecule has 0 saturated carbocycles. The zero-order valence-electron chi connectivity index (χ0n) is 18.4. The molecule has 34 heavy (non-hydrogen) atoms. The fourth-order valence-electron chi connectivity index (χ4n) is 5.21. The van der Waals surface area contributed by atoms with Crippen molar-refractivity contribution in [2.24, 2.45) is 0 Å². The van der Waals surface area contributed by atoms with E-state index in [1.54, 1.807) is 0 Å². The molecule has 7 aromatic rings. The summed E-state index contributed by atoms with van der Waals surface area (Å²) in [6, 6.07) is 35.1. The molecule has 7 rings (SSSR count). The summed E-state index contributed by atoms with van der Waals surface area (Å²) in [5, 5.41) is 7.76. The van der Waals surface area contributed by atoms with Crippen molar-refractivity contribution in [3.05, 3.63) is 122 Å². The van der Waals surface area contributed by atoms with Crippen LogP contribution in [0.1, 0.15) is 0 Å². The van der Waals surface area contributed by atoms with Crippen LogP contribution in [0.5, 0.6) is 0 Å². The van der Waals surface area contributed by atoms with Crippen molar-refractivity contribution < 1.29 is 0 Å². The molecule has 2 heterocycles. The zero-order chi connectivity index (χ0) is 22.5. The number of pyridine rings is 2. The zero-order valence-corrected chi connectivity index (χ0v) is 18.4. The van der Waals surface area contributed by atoms with Gasteiger partial charge in [-0.1, -0.05) is 78.9 Å². The van der Waals surface area contributed by atoms with Gasteiger partial charge in [-0.15, -0.1) is 0 Å². The molecule has 0 fully saturated rings. The molecule has 2 aromatic heterocycles. The van der Waals surface area contributed by atoms with Crippen LogP contribution in [0, 0.1) is 0 Å². The molecule has 0 saturated heterocycles. The summed E-state index contributed by atoms with van der Waals surface area (Å²) in [5.41, 5.74) is 7.23. The summed E-state index contributed by atoms with van der Waals surface area (Å²) in [6.07, 6.45) is 7.45. The van der Waals surface area contributed by atoms with Crippen LogP contribution in [0.4, 0.5) is 0 Å². The van der Waals surface area contributed by atoms with Gasteiger partial charge < -0.3 is 0 Å². The molecule has 0 spiro atoms. The van der Waals surface area contributed by atoms with E-state index in [9.17, 15) is 0 Å². The van der Waals surface area contributed by atoms with Crippen molar-refractivity contribution in [3.8, 4) is 33.4 Å². The molecule has 0 atom stereocenters. The van der Waals surface area contributed by atoms with E-state index in [0.29, 0.717) is 0 Å². The second-order valence-corrected chi connectivity index (χ2v) is 8.70. The monoisotopic (exact) mass is 432 g/mol. The van der Waals surface area contributed by atoms with E-state index in [2.05, 4.69) is 88.8 Å². The van der Waals surface area contributed by atoms with Gasteiger partial charge in [0, 0.05) is 30.4 Å². The molecule has 2 nitrogen and oxygen atoms in total. The highest BCUT2D eigenvalue weighted by Crippen LogP contribution is 2.42. The van der Waals surface area contributed by atoms with Crippen LogP contribution in [-0.2, 0) is 0 Å². The average Bonchev–Trinajstić information content (AvgIpc) is 2.92. The quantitative estimate of drug-likeness (QED) is 0.262. The summed E-state index contributed by atoms with van der Waals surface area (Å²) in [5.74, 6) is 0. The van der Waals surface area contributed by atoms with Crippen molar-refractivity contribution in [2.45, 2.75) is 0 Å². The van der Waals surface area contributed by atoms with Crippen LogP contribution in [0.15, 0.2) is 122 Å². The van der Waals surface area contributed by atoms with Crippen molar-refractivity contribution in [2.75, 3.05) is 0 Å². The molecule has 0 amide bonds. The highest BCUT2D eigenvalue weighted by Gasteiger charge is 2.15. The van der Waals surface area contributed by atoms with Gasteiger partial charge in [-0.2, -0.15) is 0 Å². The van der Waals surface area contributed by atoms with E-state index in [4.69, 9.17) is 0 Å². The molecular formula is C32H20N2. The molecule has 0 N–H and O–H groups in total. The number of benzene rings is 5. The van der Waals surface area contributed by atoms with Gasteiger partial charge in [0.15, 0.2) is 0 Å². The number of nitrogens with zero attached hydrogens (tertiary/aromatic N) is 2. The van der Waals surface area contributed by atoms with Gasteiger partial charge in [-0.3, -0.25) is 9.97 Å². The Morgan fingerprint density at radius 3 is 1.56 bits per heavy atom. The molecular weight excluding hydrogens is 412 g/mol. The van der Waals surface area contributed by atoms with Gasteiger partial charge in [-0.25, -0.2) is 0 Å². The second-order valence-electron chi connectivity index (χ2n) is 8.70. The molecule has 0 radical (unpaired) electrons. The van der Waals surface area contributed by atoms with E-state index in [0.717, 1.165) is 5.56 Å². The largest absolute Gasteiger partial charge is 0.265 e. The van der Waals surface area contributed by atoms with Crippen LogP contribution in [-0.4, -0.2) is 9.97 Å². The van der Waals surface area contributed by atoms with Crippen LogP contribution < -0.4 is 0 Å². The topological polar surface area (TPSA) is 25.8 Å². The maximum Gasteiger partial charge on any atom is 0.0346 e. The van der Waals surface area contributed by atoms with Crippen LogP contribution in [0.25, 0.3) is 65.7 Å². The molecule has 0 unspecified atom stereocenters. The summed E-state index contributed by atoms with van der Waals surface area (Å²) in [7, 11) is 0. The number of hydrogen-bond donors (Lipinski definition) is 0. The van der Waals surface area contributed by atoms with Crippen LogP contribution >= 0.6 is 0 Å². The van der Waals surface area contributed by atoms with E-state index < -0.39 is 0 Å². The molecule has 158 valence electrons. The van der Waals surface area contributed by atoms with Crippen molar-refractivity contribution >= 4 is 32.3 Å². The third kappa shape index (κ3) is 2.89. The summed E-state index contributed by atoms with van der Waals surface area (Å²) < 4.78 is 0. The van der Waals surface area contributed by atoms with Crippen LogP contribution in [0.3, 0.4) is 0 Å². The lowest BCUT2D eigenvalue weighted by Crippen LogP contribution is -1.90. The third-order valence-electron chi connectivity index (χ3n) is 6.85. The van der Waals surface area contributed by atoms with Crippen LogP contribution in [0.2, 0.25) is 0 Å². The normalized spacial score (nSPS) is 11.5. The number of rotatable bonds is 3. The number of aromatic nitrogens is 2. The Morgan fingerprint density at radius 1 is 0.382 bits per heavy atom. The molecule has 0 aliphatic rings. The second kappa shape index (κ2) is 7.50. The summed E-state index contributed by atoms with van der Waals surface area (Å²) >= 11 is 0. The fraction of sp³-hybridized carbons (Fsp3) is 0. The fourth-order valence-corrected chi connectivity index (χ4v) is 5.21. The SMILES string of the molecule is c1cncc(-c2ccc3ccc4ccc(-c5ccc(-c6ccncc6)cc5)c5ccc2c3c45)c1. The summed E-state index contributed by atoms with van der Waals surface area (Å²) in [6.45, 7) is 0. The molecule has 5 aromatic carbocycles. The maximum absolute atomic E-state index is 4.35. The first-order valence-electron chi connectivity index (χ1n) is 11.5. The Morgan fingerprint density at radius 2 is 0.941 bits per heavy atom. The van der Waals surface area contributed by atoms with Gasteiger partial charge in [0.05, 0.1) is 0 Å². The summed E-state index contributed by atoms with van der Waals surface area (Å²) in [4.78, 5) is 8.48. The van der Waals surface area contributed by atoms with Gasteiger partial charge in [0.2, 0.25) is 0 Å². The Bertz CT molecular complexity index is 1770. The highest BCUT2D eigenvalue weighted by atomic mass is 14.6. The first kappa shape index (κ1) is 19.0. The molecule has 0 bridgehead atoms. The standard InChI is InChI=1S/C32H20N2/c1-2-26(20-34-17-1)28-12-10-25-8-7-24-9-11-27(29-13-14-30(28)32(25)31(24)29)23-5-3-21(4-6-23)22-15-18-33-19-16-22/h1-20H. The Hall–Kier alpha value is -4.56.